The molecular formula is C16H16Cl2N4O5. The number of alkyl halides is 2. The SMILES string of the molecule is Cc1ncc([N+](=O)[O-])n1CCOC(=O)c1ccc(CNC(=O)C(Cl)Cl)cc1. The lowest BCUT2D eigenvalue weighted by atomic mass is 10.1. The molecule has 1 aromatic carbocycles. The van der Waals surface area contributed by atoms with Crippen molar-refractivity contribution in [3.63, 3.8) is 0 Å². The van der Waals surface area contributed by atoms with E-state index in [1.807, 2.05) is 0 Å². The predicted molar refractivity (Wildman–Crippen MR) is 97.7 cm³/mol. The van der Waals surface area contributed by atoms with Gasteiger partial charge in [-0.2, -0.15) is 0 Å². The Hall–Kier alpha value is -2.65. The fourth-order valence-corrected chi connectivity index (χ4v) is 2.37. The van der Waals surface area contributed by atoms with Gasteiger partial charge in [0.25, 0.3) is 5.91 Å². The van der Waals surface area contributed by atoms with Crippen LogP contribution < -0.4 is 5.32 Å². The number of aromatic nitrogens is 2. The van der Waals surface area contributed by atoms with Crippen LogP contribution in [0.25, 0.3) is 0 Å². The molecule has 0 aliphatic rings. The predicted octanol–water partition coefficient (Wildman–Crippen LogP) is 2.38. The number of ether oxygens (including phenoxy) is 1. The number of halogens is 2. The molecule has 2 rings (SSSR count). The second kappa shape index (κ2) is 9.33. The number of esters is 1. The van der Waals surface area contributed by atoms with Crippen LogP contribution in [0.3, 0.4) is 0 Å². The number of amides is 1. The number of nitrogens with zero attached hydrogens (tertiary/aromatic N) is 3. The molecule has 9 nitrogen and oxygen atoms in total. The van der Waals surface area contributed by atoms with Crippen molar-refractivity contribution >= 4 is 40.9 Å². The van der Waals surface area contributed by atoms with Crippen LogP contribution >= 0.6 is 23.2 Å². The summed E-state index contributed by atoms with van der Waals surface area (Å²) in [7, 11) is 0. The Bertz CT molecular complexity index is 836. The molecule has 144 valence electrons. The third-order valence-electron chi connectivity index (χ3n) is 3.62. The smallest absolute Gasteiger partial charge is 0.342 e. The van der Waals surface area contributed by atoms with Gasteiger partial charge in [0.15, 0.2) is 10.7 Å². The maximum Gasteiger partial charge on any atom is 0.342 e. The first kappa shape index (κ1) is 20.7. The quantitative estimate of drug-likeness (QED) is 0.306. The Morgan fingerprint density at radius 2 is 2.00 bits per heavy atom. The molecule has 11 heteroatoms. The van der Waals surface area contributed by atoms with Gasteiger partial charge in [0.2, 0.25) is 0 Å². The third kappa shape index (κ3) is 5.66. The number of nitro groups is 1. The van der Waals surface area contributed by atoms with E-state index in [0.29, 0.717) is 11.4 Å². The Morgan fingerprint density at radius 3 is 2.59 bits per heavy atom. The fraction of sp³-hybridized carbons (Fsp3) is 0.312. The molecule has 0 unspecified atom stereocenters. The van der Waals surface area contributed by atoms with Gasteiger partial charge in [-0.1, -0.05) is 35.3 Å². The van der Waals surface area contributed by atoms with E-state index in [-0.39, 0.29) is 25.5 Å². The van der Waals surface area contributed by atoms with Crippen LogP contribution in [0.1, 0.15) is 21.7 Å². The van der Waals surface area contributed by atoms with Gasteiger partial charge in [-0.15, -0.1) is 0 Å². The molecule has 2 aromatic rings. The average molecular weight is 415 g/mol. The molecule has 0 radical (unpaired) electrons. The molecule has 0 saturated heterocycles. The highest BCUT2D eigenvalue weighted by Gasteiger charge is 2.18. The maximum atomic E-state index is 12.1. The highest BCUT2D eigenvalue weighted by Crippen LogP contribution is 2.13. The highest BCUT2D eigenvalue weighted by atomic mass is 35.5. The molecule has 1 amide bonds. The molecule has 0 spiro atoms. The van der Waals surface area contributed by atoms with Crippen molar-refractivity contribution in [1.29, 1.82) is 0 Å². The summed E-state index contributed by atoms with van der Waals surface area (Å²) in [6.07, 6.45) is 1.16. The Balaban J connectivity index is 1.87. The molecule has 0 aliphatic heterocycles. The van der Waals surface area contributed by atoms with Gasteiger partial charge in [-0.25, -0.2) is 14.3 Å². The summed E-state index contributed by atoms with van der Waals surface area (Å²) in [6.45, 7) is 1.92. The zero-order chi connectivity index (χ0) is 20.0. The number of hydrogen-bond donors (Lipinski definition) is 1. The van der Waals surface area contributed by atoms with Crippen molar-refractivity contribution in [2.45, 2.75) is 24.8 Å². The Kier molecular flexibility index (Phi) is 7.14. The number of carbonyl (C=O) groups is 2. The summed E-state index contributed by atoms with van der Waals surface area (Å²) >= 11 is 10.9. The lowest BCUT2D eigenvalue weighted by Crippen LogP contribution is -2.27. The molecule has 0 atom stereocenters. The van der Waals surface area contributed by atoms with E-state index >= 15 is 0 Å². The van der Waals surface area contributed by atoms with Crippen molar-refractivity contribution in [2.24, 2.45) is 0 Å². The van der Waals surface area contributed by atoms with Crippen LogP contribution in [0.15, 0.2) is 30.5 Å². The van der Waals surface area contributed by atoms with Crippen LogP contribution in [-0.2, 0) is 22.6 Å². The van der Waals surface area contributed by atoms with Crippen LogP contribution in [0.2, 0.25) is 0 Å². The molecule has 1 heterocycles. The molecule has 1 aromatic heterocycles. The topological polar surface area (TPSA) is 116 Å². The number of hydrogen-bond acceptors (Lipinski definition) is 6. The van der Waals surface area contributed by atoms with E-state index in [1.165, 1.54) is 4.57 Å². The van der Waals surface area contributed by atoms with E-state index in [4.69, 9.17) is 27.9 Å². The monoisotopic (exact) mass is 414 g/mol. The molecule has 0 aliphatic carbocycles. The van der Waals surface area contributed by atoms with E-state index < -0.39 is 21.6 Å². The maximum absolute atomic E-state index is 12.1. The number of nitrogens with one attached hydrogen (secondary N) is 1. The fourth-order valence-electron chi connectivity index (χ4n) is 2.22. The molecule has 0 saturated carbocycles. The lowest BCUT2D eigenvalue weighted by Gasteiger charge is -2.07. The molecule has 1 N–H and O–H groups in total. The normalized spacial score (nSPS) is 10.7. The van der Waals surface area contributed by atoms with Gasteiger partial charge in [-0.05, 0) is 22.6 Å². The van der Waals surface area contributed by atoms with Crippen molar-refractivity contribution in [1.82, 2.24) is 14.9 Å². The van der Waals surface area contributed by atoms with Crippen molar-refractivity contribution in [3.05, 3.63) is 57.5 Å². The number of aryl methyl sites for hydroxylation is 1. The largest absolute Gasteiger partial charge is 0.458 e. The van der Waals surface area contributed by atoms with Gasteiger partial charge >= 0.3 is 11.8 Å². The van der Waals surface area contributed by atoms with Gasteiger partial charge in [-0.3, -0.25) is 4.79 Å². The van der Waals surface area contributed by atoms with E-state index in [1.54, 1.807) is 31.2 Å². The molecule has 0 bridgehead atoms. The van der Waals surface area contributed by atoms with E-state index in [2.05, 4.69) is 10.3 Å². The Morgan fingerprint density at radius 1 is 1.33 bits per heavy atom. The third-order valence-corrected chi connectivity index (χ3v) is 4.02. The summed E-state index contributed by atoms with van der Waals surface area (Å²) in [5, 5.41) is 13.4. The van der Waals surface area contributed by atoms with Crippen LogP contribution in [0.5, 0.6) is 0 Å². The van der Waals surface area contributed by atoms with E-state index in [0.717, 1.165) is 11.8 Å². The van der Waals surface area contributed by atoms with E-state index in [9.17, 15) is 19.7 Å². The summed E-state index contributed by atoms with van der Waals surface area (Å²) < 4.78 is 6.51. The van der Waals surface area contributed by atoms with Crippen LogP contribution in [0.4, 0.5) is 5.82 Å². The minimum atomic E-state index is -1.14. The molecule has 0 fully saturated rings. The number of imidazole rings is 1. The zero-order valence-electron chi connectivity index (χ0n) is 14.2. The first-order valence-corrected chi connectivity index (χ1v) is 8.65. The number of carbonyl (C=O) groups excluding carboxylic acids is 2. The second-order valence-corrected chi connectivity index (χ2v) is 6.52. The van der Waals surface area contributed by atoms with Gasteiger partial charge < -0.3 is 20.2 Å². The van der Waals surface area contributed by atoms with Crippen molar-refractivity contribution in [3.8, 4) is 0 Å². The molecular weight excluding hydrogens is 399 g/mol. The van der Waals surface area contributed by atoms with Gasteiger partial charge in [0.05, 0.1) is 5.56 Å². The first-order chi connectivity index (χ1) is 12.8. The standard InChI is InChI=1S/C16H16Cl2N4O5/c1-10-19-9-13(22(25)26)21(10)6-7-27-16(24)12-4-2-11(3-5-12)8-20-15(23)14(17)18/h2-5,9,14H,6-8H2,1H3,(H,20,23). The van der Waals surface area contributed by atoms with Crippen LogP contribution in [0, 0.1) is 17.0 Å². The van der Waals surface area contributed by atoms with Crippen molar-refractivity contribution < 1.29 is 19.2 Å². The van der Waals surface area contributed by atoms with Gasteiger partial charge in [0.1, 0.15) is 19.3 Å². The first-order valence-electron chi connectivity index (χ1n) is 7.78. The summed E-state index contributed by atoms with van der Waals surface area (Å²) in [5.41, 5.74) is 1.06. The lowest BCUT2D eigenvalue weighted by molar-refractivity contribution is -0.392. The number of benzene rings is 1. The number of rotatable bonds is 8. The van der Waals surface area contributed by atoms with Crippen molar-refractivity contribution in [2.75, 3.05) is 6.61 Å². The summed E-state index contributed by atoms with van der Waals surface area (Å²) in [4.78, 5) is 36.5. The molecule has 27 heavy (non-hydrogen) atoms. The minimum Gasteiger partial charge on any atom is -0.458 e. The second-order valence-electron chi connectivity index (χ2n) is 5.42. The van der Waals surface area contributed by atoms with Gasteiger partial charge in [0, 0.05) is 13.5 Å². The minimum absolute atomic E-state index is 0.0402. The summed E-state index contributed by atoms with van der Waals surface area (Å²) in [5.74, 6) is -0.773. The zero-order valence-corrected chi connectivity index (χ0v) is 15.7. The Labute approximate surface area is 164 Å². The average Bonchev–Trinajstić information content (AvgIpc) is 3.01. The highest BCUT2D eigenvalue weighted by molar-refractivity contribution is 6.53. The van der Waals surface area contributed by atoms with Crippen LogP contribution in [-0.4, -0.2) is 37.8 Å². The summed E-state index contributed by atoms with van der Waals surface area (Å²) in [6, 6.07) is 6.40.